The smallest absolute Gasteiger partial charge is 0.410 e. The van der Waals surface area contributed by atoms with Crippen LogP contribution < -0.4 is 0 Å². The van der Waals surface area contributed by atoms with Crippen LogP contribution in [-0.4, -0.2) is 35.5 Å². The lowest BCUT2D eigenvalue weighted by atomic mass is 9.71. The van der Waals surface area contributed by atoms with E-state index in [-0.39, 0.29) is 23.2 Å². The van der Waals surface area contributed by atoms with Gasteiger partial charge < -0.3 is 9.64 Å². The first-order chi connectivity index (χ1) is 8.11. The van der Waals surface area contributed by atoms with Crippen LogP contribution in [0.4, 0.5) is 4.79 Å². The Hall–Kier alpha value is -1.06. The third kappa shape index (κ3) is 3.03. The first-order valence-corrected chi connectivity index (χ1v) is 6.63. The maximum Gasteiger partial charge on any atom is 0.410 e. The summed E-state index contributed by atoms with van der Waals surface area (Å²) in [5.41, 5.74) is -0.825. The van der Waals surface area contributed by atoms with Crippen molar-refractivity contribution in [2.45, 2.75) is 53.6 Å². The number of nitrogens with zero attached hydrogens (tertiary/aromatic N) is 1. The quantitative estimate of drug-likeness (QED) is 0.779. The Morgan fingerprint density at radius 2 is 1.78 bits per heavy atom. The van der Waals surface area contributed by atoms with Crippen LogP contribution in [0, 0.1) is 11.3 Å². The number of ether oxygens (including phenoxy) is 1. The van der Waals surface area contributed by atoms with Gasteiger partial charge >= 0.3 is 6.09 Å². The van der Waals surface area contributed by atoms with Crippen LogP contribution in [0.15, 0.2) is 0 Å². The van der Waals surface area contributed by atoms with E-state index < -0.39 is 5.60 Å². The lowest BCUT2D eigenvalue weighted by Crippen LogP contribution is -2.63. The summed E-state index contributed by atoms with van der Waals surface area (Å²) >= 11 is 0. The number of likely N-dealkylation sites (tertiary alicyclic amines) is 1. The van der Waals surface area contributed by atoms with Crippen molar-refractivity contribution in [2.24, 2.45) is 11.3 Å². The molecule has 1 fully saturated rings. The molecular formula is C14H25NO3. The van der Waals surface area contributed by atoms with Crippen LogP contribution in [0.1, 0.15) is 48.0 Å². The van der Waals surface area contributed by atoms with Crippen molar-refractivity contribution < 1.29 is 14.3 Å². The van der Waals surface area contributed by atoms with Gasteiger partial charge in [-0.05, 0) is 27.2 Å². The summed E-state index contributed by atoms with van der Waals surface area (Å²) in [4.78, 5) is 25.6. The number of hydrogen-bond donors (Lipinski definition) is 0. The van der Waals surface area contributed by atoms with Crippen LogP contribution in [0.2, 0.25) is 0 Å². The zero-order valence-electron chi connectivity index (χ0n) is 12.4. The Labute approximate surface area is 110 Å². The Bertz CT molecular complexity index is 335. The lowest BCUT2D eigenvalue weighted by molar-refractivity contribution is -0.142. The predicted octanol–water partition coefficient (Wildman–Crippen LogP) is 2.86. The molecule has 0 unspecified atom stereocenters. The molecule has 1 rings (SSSR count). The minimum atomic E-state index is -0.483. The van der Waals surface area contributed by atoms with E-state index in [1.165, 1.54) is 0 Å². The molecule has 1 saturated heterocycles. The molecule has 0 bridgehead atoms. The summed E-state index contributed by atoms with van der Waals surface area (Å²) in [5.74, 6) is 0.274. The Kier molecular flexibility index (Phi) is 4.08. The second-order valence-electron chi connectivity index (χ2n) is 6.49. The van der Waals surface area contributed by atoms with Gasteiger partial charge in [0, 0.05) is 19.0 Å². The number of carbonyl (C=O) groups is 2. The van der Waals surface area contributed by atoms with Crippen molar-refractivity contribution in [3.05, 3.63) is 0 Å². The van der Waals surface area contributed by atoms with E-state index in [0.717, 1.165) is 6.42 Å². The molecule has 0 aromatic carbocycles. The Balaban J connectivity index is 2.60. The van der Waals surface area contributed by atoms with E-state index in [2.05, 4.69) is 0 Å². The molecule has 1 amide bonds. The SMILES string of the molecule is CCC1(C(=O)C(C)C)CN(C(=O)OC(C)(C)C)C1. The van der Waals surface area contributed by atoms with Gasteiger partial charge in [0.05, 0.1) is 5.41 Å². The zero-order chi connectivity index (χ0) is 14.1. The zero-order valence-corrected chi connectivity index (χ0v) is 12.4. The van der Waals surface area contributed by atoms with Gasteiger partial charge in [-0.2, -0.15) is 0 Å². The normalized spacial score (nSPS) is 18.5. The fourth-order valence-electron chi connectivity index (χ4n) is 2.31. The predicted molar refractivity (Wildman–Crippen MR) is 70.4 cm³/mol. The first-order valence-electron chi connectivity index (χ1n) is 6.63. The molecule has 0 radical (unpaired) electrons. The average molecular weight is 255 g/mol. The third-order valence-corrected chi connectivity index (χ3v) is 3.36. The first kappa shape index (κ1) is 15.0. The molecular weight excluding hydrogens is 230 g/mol. The van der Waals surface area contributed by atoms with Crippen LogP contribution in [0.25, 0.3) is 0 Å². The minimum Gasteiger partial charge on any atom is -0.444 e. The largest absolute Gasteiger partial charge is 0.444 e. The average Bonchev–Trinajstić information content (AvgIpc) is 2.13. The Morgan fingerprint density at radius 3 is 2.11 bits per heavy atom. The molecule has 4 nitrogen and oxygen atoms in total. The van der Waals surface area contributed by atoms with Gasteiger partial charge in [0.15, 0.2) is 0 Å². The fourth-order valence-corrected chi connectivity index (χ4v) is 2.31. The molecule has 1 aliphatic heterocycles. The number of ketones is 1. The molecule has 18 heavy (non-hydrogen) atoms. The number of Topliss-reactive ketones (excluding diaryl/α,β-unsaturated/α-hetero) is 1. The lowest BCUT2D eigenvalue weighted by Gasteiger charge is -2.49. The molecule has 0 N–H and O–H groups in total. The van der Waals surface area contributed by atoms with Crippen molar-refractivity contribution in [2.75, 3.05) is 13.1 Å². The summed E-state index contributed by atoms with van der Waals surface area (Å²) in [5, 5.41) is 0. The van der Waals surface area contributed by atoms with Gasteiger partial charge in [-0.15, -0.1) is 0 Å². The number of amides is 1. The van der Waals surface area contributed by atoms with Gasteiger partial charge in [0.1, 0.15) is 11.4 Å². The highest BCUT2D eigenvalue weighted by atomic mass is 16.6. The van der Waals surface area contributed by atoms with Crippen LogP contribution in [-0.2, 0) is 9.53 Å². The summed E-state index contributed by atoms with van der Waals surface area (Å²) in [6.45, 7) is 12.4. The molecule has 1 heterocycles. The topological polar surface area (TPSA) is 46.6 Å². The maximum absolute atomic E-state index is 12.2. The molecule has 0 aromatic heterocycles. The van der Waals surface area contributed by atoms with Gasteiger partial charge in [0.25, 0.3) is 0 Å². The van der Waals surface area contributed by atoms with Gasteiger partial charge in [0.2, 0.25) is 0 Å². The van der Waals surface area contributed by atoms with E-state index in [4.69, 9.17) is 4.74 Å². The van der Waals surface area contributed by atoms with Crippen molar-refractivity contribution >= 4 is 11.9 Å². The van der Waals surface area contributed by atoms with E-state index >= 15 is 0 Å². The molecule has 0 atom stereocenters. The Morgan fingerprint density at radius 1 is 1.28 bits per heavy atom. The van der Waals surface area contributed by atoms with E-state index in [1.807, 2.05) is 41.5 Å². The molecule has 4 heteroatoms. The van der Waals surface area contributed by atoms with Crippen molar-refractivity contribution in [3.63, 3.8) is 0 Å². The highest BCUT2D eigenvalue weighted by Gasteiger charge is 2.50. The van der Waals surface area contributed by atoms with Crippen molar-refractivity contribution in [1.82, 2.24) is 4.90 Å². The third-order valence-electron chi connectivity index (χ3n) is 3.36. The highest BCUT2D eigenvalue weighted by molar-refractivity contribution is 5.89. The van der Waals surface area contributed by atoms with E-state index in [9.17, 15) is 9.59 Å². The monoisotopic (exact) mass is 255 g/mol. The molecule has 0 aliphatic carbocycles. The second kappa shape index (κ2) is 4.90. The van der Waals surface area contributed by atoms with Crippen molar-refractivity contribution in [3.8, 4) is 0 Å². The fraction of sp³-hybridized carbons (Fsp3) is 0.857. The number of rotatable bonds is 3. The van der Waals surface area contributed by atoms with Crippen LogP contribution in [0.3, 0.4) is 0 Å². The number of carbonyl (C=O) groups excluding carboxylic acids is 2. The number of hydrogen-bond acceptors (Lipinski definition) is 3. The summed E-state index contributed by atoms with van der Waals surface area (Å²) in [6.07, 6.45) is 0.465. The summed E-state index contributed by atoms with van der Waals surface area (Å²) in [7, 11) is 0. The van der Waals surface area contributed by atoms with E-state index in [0.29, 0.717) is 13.1 Å². The highest BCUT2D eigenvalue weighted by Crippen LogP contribution is 2.37. The van der Waals surface area contributed by atoms with Crippen LogP contribution >= 0.6 is 0 Å². The minimum absolute atomic E-state index is 0.0192. The standard InChI is InChI=1S/C14H25NO3/c1-7-14(11(16)10(2)3)8-15(9-14)12(17)18-13(4,5)6/h10H,7-9H2,1-6H3. The molecule has 0 saturated carbocycles. The second-order valence-corrected chi connectivity index (χ2v) is 6.49. The van der Waals surface area contributed by atoms with E-state index in [1.54, 1.807) is 4.90 Å². The van der Waals surface area contributed by atoms with Gasteiger partial charge in [-0.25, -0.2) is 4.79 Å². The maximum atomic E-state index is 12.2. The summed E-state index contributed by atoms with van der Waals surface area (Å²) < 4.78 is 5.30. The summed E-state index contributed by atoms with van der Waals surface area (Å²) in [6, 6.07) is 0. The molecule has 0 spiro atoms. The van der Waals surface area contributed by atoms with Crippen LogP contribution in [0.5, 0.6) is 0 Å². The molecule has 1 aliphatic rings. The van der Waals surface area contributed by atoms with Gasteiger partial charge in [-0.1, -0.05) is 20.8 Å². The van der Waals surface area contributed by atoms with Crippen molar-refractivity contribution in [1.29, 1.82) is 0 Å². The molecule has 104 valence electrons. The molecule has 0 aromatic rings. The van der Waals surface area contributed by atoms with Gasteiger partial charge in [-0.3, -0.25) is 4.79 Å².